The highest BCUT2D eigenvalue weighted by Crippen LogP contribution is 2.39. The van der Waals surface area contributed by atoms with Crippen LogP contribution in [0.15, 0.2) is 30.3 Å². The summed E-state index contributed by atoms with van der Waals surface area (Å²) in [4.78, 5) is 22.1. The van der Waals surface area contributed by atoms with E-state index in [2.05, 4.69) is 30.7 Å². The predicted octanol–water partition coefficient (Wildman–Crippen LogP) is 5.03. The van der Waals surface area contributed by atoms with Crippen LogP contribution in [0.1, 0.15) is 61.6 Å². The Morgan fingerprint density at radius 3 is 2.22 bits per heavy atom. The van der Waals surface area contributed by atoms with E-state index in [1.54, 1.807) is 16.8 Å². The van der Waals surface area contributed by atoms with Crippen molar-refractivity contribution < 1.29 is 13.9 Å². The minimum absolute atomic E-state index is 0.149. The number of methoxy groups -OCH3 is 1. The highest BCUT2D eigenvalue weighted by Gasteiger charge is 2.31. The van der Waals surface area contributed by atoms with Crippen LogP contribution < -0.4 is 4.90 Å². The zero-order valence-electron chi connectivity index (χ0n) is 21.7. The lowest BCUT2D eigenvalue weighted by Gasteiger charge is -2.40. The molecule has 2 saturated heterocycles. The normalized spacial score (nSPS) is 18.3. The summed E-state index contributed by atoms with van der Waals surface area (Å²) in [6.45, 7) is 8.49. The van der Waals surface area contributed by atoms with Crippen molar-refractivity contribution in [3.05, 3.63) is 47.5 Å². The Balaban J connectivity index is 1.55. The van der Waals surface area contributed by atoms with Crippen molar-refractivity contribution in [1.29, 1.82) is 0 Å². The van der Waals surface area contributed by atoms with E-state index in [4.69, 9.17) is 14.8 Å². The Bertz CT molecular complexity index is 1220. The first-order chi connectivity index (χ1) is 17.4. The van der Waals surface area contributed by atoms with Gasteiger partial charge >= 0.3 is 5.97 Å². The van der Waals surface area contributed by atoms with Gasteiger partial charge in [0.1, 0.15) is 5.82 Å². The molecule has 7 nitrogen and oxygen atoms in total. The number of carbonyl (C=O) groups is 1. The number of carbonyl (C=O) groups excluding carboxylic acids is 1. The van der Waals surface area contributed by atoms with E-state index < -0.39 is 5.97 Å². The number of likely N-dealkylation sites (tertiary alicyclic amines) is 1. The molecule has 8 heteroatoms. The number of piperidine rings is 2. The number of anilines is 1. The molecule has 2 aliphatic rings. The number of nitrogens with zero attached hydrogens (tertiary/aromatic N) is 5. The number of ether oxygens (including phenoxy) is 1. The number of halogens is 1. The Labute approximate surface area is 212 Å². The Morgan fingerprint density at radius 1 is 1.03 bits per heavy atom. The second-order valence-corrected chi connectivity index (χ2v) is 10.6. The average Bonchev–Trinajstić information content (AvgIpc) is 3.29. The summed E-state index contributed by atoms with van der Waals surface area (Å²) in [7, 11) is 3.59. The molecule has 4 heterocycles. The number of benzene rings is 1. The molecule has 3 aromatic rings. The number of esters is 1. The molecule has 0 N–H and O–H groups in total. The summed E-state index contributed by atoms with van der Waals surface area (Å²) in [5.74, 6) is 0.918. The smallest absolute Gasteiger partial charge is 0.356 e. The predicted molar refractivity (Wildman–Crippen MR) is 139 cm³/mol. The fourth-order valence-corrected chi connectivity index (χ4v) is 5.86. The Hall–Kier alpha value is -3.00. The molecule has 0 spiro atoms. The molecule has 0 aliphatic carbocycles. The van der Waals surface area contributed by atoms with Crippen LogP contribution in [0.4, 0.5) is 10.1 Å². The van der Waals surface area contributed by atoms with E-state index >= 15 is 0 Å². The van der Waals surface area contributed by atoms with Crippen molar-refractivity contribution in [1.82, 2.24) is 19.7 Å². The fraction of sp³-hybridized carbons (Fsp3) is 0.536. The van der Waals surface area contributed by atoms with Crippen molar-refractivity contribution in [3.8, 4) is 5.69 Å². The molecule has 0 bridgehead atoms. The lowest BCUT2D eigenvalue weighted by Crippen LogP contribution is -2.40. The van der Waals surface area contributed by atoms with Gasteiger partial charge in [-0.15, -0.1) is 0 Å². The van der Waals surface area contributed by atoms with Gasteiger partial charge in [-0.2, -0.15) is 5.10 Å². The minimum Gasteiger partial charge on any atom is -0.464 e. The van der Waals surface area contributed by atoms with Crippen molar-refractivity contribution in [2.45, 2.75) is 45.4 Å². The molecule has 0 atom stereocenters. The van der Waals surface area contributed by atoms with Gasteiger partial charge in [-0.25, -0.2) is 18.9 Å². The van der Waals surface area contributed by atoms with Crippen LogP contribution >= 0.6 is 0 Å². The molecule has 1 aromatic carbocycles. The summed E-state index contributed by atoms with van der Waals surface area (Å²) >= 11 is 0. The van der Waals surface area contributed by atoms with Gasteiger partial charge in [-0.3, -0.25) is 0 Å². The first kappa shape index (κ1) is 24.7. The van der Waals surface area contributed by atoms with Gasteiger partial charge in [-0.05, 0) is 93.9 Å². The van der Waals surface area contributed by atoms with Crippen LogP contribution in [0.5, 0.6) is 0 Å². The molecule has 0 radical (unpaired) electrons. The minimum atomic E-state index is -0.475. The molecular formula is C28H36FN5O2. The van der Waals surface area contributed by atoms with Crippen LogP contribution in [-0.2, 0) is 4.74 Å². The first-order valence-electron chi connectivity index (χ1n) is 13.1. The standard InChI is InChI=1S/C28H36FN5O2/c1-18(2)26-25-24(33-15-11-20(12-16-33)19-9-13-32(3)14-10-19)17-23(28(35)36-4)30-27(25)34(31-26)22-7-5-21(29)6-8-22/h5-8,17-20H,9-16H2,1-4H3. The highest BCUT2D eigenvalue weighted by atomic mass is 19.1. The lowest BCUT2D eigenvalue weighted by atomic mass is 9.79. The summed E-state index contributed by atoms with van der Waals surface area (Å²) in [5.41, 5.74) is 3.47. The molecule has 0 amide bonds. The third-order valence-corrected chi connectivity index (χ3v) is 7.97. The maximum absolute atomic E-state index is 13.6. The quantitative estimate of drug-likeness (QED) is 0.465. The Morgan fingerprint density at radius 2 is 1.64 bits per heavy atom. The van der Waals surface area contributed by atoms with Crippen LogP contribution in [0, 0.1) is 17.7 Å². The van der Waals surface area contributed by atoms with Crippen LogP contribution in [0.2, 0.25) is 0 Å². The van der Waals surface area contributed by atoms with Gasteiger partial charge in [0, 0.05) is 13.1 Å². The fourth-order valence-electron chi connectivity index (χ4n) is 5.86. The zero-order valence-corrected chi connectivity index (χ0v) is 21.7. The monoisotopic (exact) mass is 493 g/mol. The molecule has 0 saturated carbocycles. The Kier molecular flexibility index (Phi) is 6.97. The number of aromatic nitrogens is 3. The largest absolute Gasteiger partial charge is 0.464 e. The topological polar surface area (TPSA) is 63.5 Å². The first-order valence-corrected chi connectivity index (χ1v) is 13.1. The number of hydrogen-bond acceptors (Lipinski definition) is 6. The van der Waals surface area contributed by atoms with E-state index in [9.17, 15) is 9.18 Å². The van der Waals surface area contributed by atoms with E-state index in [-0.39, 0.29) is 17.4 Å². The van der Waals surface area contributed by atoms with Gasteiger partial charge in [0.15, 0.2) is 11.3 Å². The van der Waals surface area contributed by atoms with E-state index in [0.717, 1.165) is 54.5 Å². The number of fused-ring (bicyclic) bond motifs is 1. The third-order valence-electron chi connectivity index (χ3n) is 7.97. The molecule has 5 rings (SSSR count). The number of hydrogen-bond donors (Lipinski definition) is 0. The van der Waals surface area contributed by atoms with E-state index in [0.29, 0.717) is 11.3 Å². The van der Waals surface area contributed by atoms with Gasteiger partial charge in [0.05, 0.1) is 29.6 Å². The zero-order chi connectivity index (χ0) is 25.4. The second-order valence-electron chi connectivity index (χ2n) is 10.6. The van der Waals surface area contributed by atoms with Crippen molar-refractivity contribution in [3.63, 3.8) is 0 Å². The van der Waals surface area contributed by atoms with Crippen LogP contribution in [0.3, 0.4) is 0 Å². The second kappa shape index (κ2) is 10.2. The average molecular weight is 494 g/mol. The highest BCUT2D eigenvalue weighted by molar-refractivity contribution is 5.99. The van der Waals surface area contributed by atoms with Gasteiger partial charge in [0.2, 0.25) is 0 Å². The summed E-state index contributed by atoms with van der Waals surface area (Å²) in [6, 6.07) is 8.07. The summed E-state index contributed by atoms with van der Waals surface area (Å²) in [6.07, 6.45) is 4.87. The maximum Gasteiger partial charge on any atom is 0.356 e. The van der Waals surface area contributed by atoms with E-state index in [1.807, 2.05) is 6.07 Å². The molecule has 192 valence electrons. The molecule has 2 aromatic heterocycles. The maximum atomic E-state index is 13.6. The summed E-state index contributed by atoms with van der Waals surface area (Å²) in [5, 5.41) is 5.87. The molecule has 2 aliphatic heterocycles. The van der Waals surface area contributed by atoms with Gasteiger partial charge in [-0.1, -0.05) is 13.8 Å². The lowest BCUT2D eigenvalue weighted by molar-refractivity contribution is 0.0594. The summed E-state index contributed by atoms with van der Waals surface area (Å²) < 4.78 is 20.4. The molecular weight excluding hydrogens is 457 g/mol. The van der Waals surface area contributed by atoms with Gasteiger partial charge < -0.3 is 14.5 Å². The van der Waals surface area contributed by atoms with Crippen molar-refractivity contribution in [2.24, 2.45) is 11.8 Å². The van der Waals surface area contributed by atoms with Crippen LogP contribution in [-0.4, -0.2) is 66.0 Å². The van der Waals surface area contributed by atoms with E-state index in [1.165, 1.54) is 45.2 Å². The SMILES string of the molecule is COC(=O)c1cc(N2CCC(C3CCN(C)CC3)CC2)c2c(C(C)C)nn(-c3ccc(F)cc3)c2n1. The third kappa shape index (κ3) is 4.71. The van der Waals surface area contributed by atoms with Crippen molar-refractivity contribution >= 4 is 22.7 Å². The number of rotatable bonds is 5. The van der Waals surface area contributed by atoms with Crippen LogP contribution in [0.25, 0.3) is 16.7 Å². The molecule has 2 fully saturated rings. The number of pyridine rings is 1. The van der Waals surface area contributed by atoms with Gasteiger partial charge in [0.25, 0.3) is 0 Å². The molecule has 0 unspecified atom stereocenters. The van der Waals surface area contributed by atoms with Crippen molar-refractivity contribution in [2.75, 3.05) is 45.2 Å². The molecule has 36 heavy (non-hydrogen) atoms.